The summed E-state index contributed by atoms with van der Waals surface area (Å²) in [6.45, 7) is 0.910. The van der Waals surface area contributed by atoms with Gasteiger partial charge in [-0.15, -0.1) is 11.3 Å². The normalized spacial score (nSPS) is 14.6. The topological polar surface area (TPSA) is 51.2 Å². The van der Waals surface area contributed by atoms with Gasteiger partial charge in [-0.25, -0.2) is 4.98 Å². The predicted octanol–water partition coefficient (Wildman–Crippen LogP) is 1.28. The minimum absolute atomic E-state index is 0.235. The molecule has 1 aromatic rings. The van der Waals surface area contributed by atoms with E-state index in [0.29, 0.717) is 6.54 Å². The third-order valence-electron chi connectivity index (χ3n) is 2.66. The Balaban J connectivity index is 1.85. The fourth-order valence-electron chi connectivity index (χ4n) is 1.82. The summed E-state index contributed by atoms with van der Waals surface area (Å²) in [6, 6.07) is 0. The zero-order chi connectivity index (χ0) is 11.4. The third kappa shape index (κ3) is 2.80. The lowest BCUT2D eigenvalue weighted by Crippen LogP contribution is -2.23. The molecule has 0 saturated heterocycles. The van der Waals surface area contributed by atoms with Crippen LogP contribution in [0.15, 0.2) is 0 Å². The molecule has 1 heterocycles. The average Bonchev–Trinajstić information content (AvgIpc) is 2.71. The molecule has 16 heavy (non-hydrogen) atoms. The van der Waals surface area contributed by atoms with Gasteiger partial charge in [0.15, 0.2) is 0 Å². The predicted molar refractivity (Wildman–Crippen MR) is 62.5 cm³/mol. The minimum atomic E-state index is -0.235. The maximum absolute atomic E-state index is 10.9. The van der Waals surface area contributed by atoms with Gasteiger partial charge in [-0.3, -0.25) is 4.79 Å². The number of aryl methyl sites for hydroxylation is 2. The molecular formula is C11H16N2O2S. The van der Waals surface area contributed by atoms with Gasteiger partial charge < -0.3 is 10.1 Å². The number of thiazole rings is 1. The lowest BCUT2D eigenvalue weighted by Gasteiger charge is -2.06. The number of carbonyl (C=O) groups excluding carboxylic acids is 1. The standard InChI is InChI=1S/C11H16N2O2S/c1-15-11(14)7-12-6-10-13-8-4-2-3-5-9(8)16-10/h12H,2-7H2,1H3. The Hall–Kier alpha value is -0.940. The number of carbonyl (C=O) groups is 1. The van der Waals surface area contributed by atoms with Crippen LogP contribution in [0.3, 0.4) is 0 Å². The summed E-state index contributed by atoms with van der Waals surface area (Å²) in [4.78, 5) is 16.9. The van der Waals surface area contributed by atoms with Gasteiger partial charge in [0.2, 0.25) is 0 Å². The first kappa shape index (κ1) is 11.5. The monoisotopic (exact) mass is 240 g/mol. The van der Waals surface area contributed by atoms with E-state index in [-0.39, 0.29) is 12.5 Å². The van der Waals surface area contributed by atoms with Gasteiger partial charge in [-0.2, -0.15) is 0 Å². The second-order valence-corrected chi connectivity index (χ2v) is 5.03. The molecule has 88 valence electrons. The number of hydrogen-bond acceptors (Lipinski definition) is 5. The van der Waals surface area contributed by atoms with Gasteiger partial charge in [-0.1, -0.05) is 0 Å². The van der Waals surface area contributed by atoms with Crippen molar-refractivity contribution in [1.82, 2.24) is 10.3 Å². The van der Waals surface area contributed by atoms with Crippen LogP contribution in [0.4, 0.5) is 0 Å². The number of methoxy groups -OCH3 is 1. The lowest BCUT2D eigenvalue weighted by molar-refractivity contribution is -0.139. The van der Waals surface area contributed by atoms with E-state index in [1.807, 2.05) is 0 Å². The summed E-state index contributed by atoms with van der Waals surface area (Å²) in [5.41, 5.74) is 1.27. The first-order valence-electron chi connectivity index (χ1n) is 5.54. The third-order valence-corrected chi connectivity index (χ3v) is 3.82. The zero-order valence-electron chi connectivity index (χ0n) is 9.41. The van der Waals surface area contributed by atoms with Crippen LogP contribution in [-0.2, 0) is 28.9 Å². The number of fused-ring (bicyclic) bond motifs is 1. The molecule has 0 saturated carbocycles. The quantitative estimate of drug-likeness (QED) is 0.806. The second-order valence-electron chi connectivity index (χ2n) is 3.86. The molecule has 5 heteroatoms. The first-order chi connectivity index (χ1) is 7.79. The zero-order valence-corrected chi connectivity index (χ0v) is 10.2. The van der Waals surface area contributed by atoms with Gasteiger partial charge in [-0.05, 0) is 25.7 Å². The fourth-order valence-corrected chi connectivity index (χ4v) is 2.95. The highest BCUT2D eigenvalue weighted by molar-refractivity contribution is 7.11. The van der Waals surface area contributed by atoms with Crippen molar-refractivity contribution in [3.8, 4) is 0 Å². The Morgan fingerprint density at radius 1 is 1.50 bits per heavy atom. The van der Waals surface area contributed by atoms with Gasteiger partial charge in [0.1, 0.15) is 5.01 Å². The highest BCUT2D eigenvalue weighted by Gasteiger charge is 2.14. The molecule has 4 nitrogen and oxygen atoms in total. The van der Waals surface area contributed by atoms with Crippen LogP contribution in [0.25, 0.3) is 0 Å². The van der Waals surface area contributed by atoms with Crippen molar-refractivity contribution in [3.05, 3.63) is 15.6 Å². The smallest absolute Gasteiger partial charge is 0.319 e. The van der Waals surface area contributed by atoms with E-state index < -0.39 is 0 Å². The summed E-state index contributed by atoms with van der Waals surface area (Å²) >= 11 is 1.77. The van der Waals surface area contributed by atoms with Gasteiger partial charge >= 0.3 is 5.97 Å². The molecule has 1 aromatic heterocycles. The van der Waals surface area contributed by atoms with Gasteiger partial charge in [0, 0.05) is 11.4 Å². The van der Waals surface area contributed by atoms with E-state index in [0.717, 1.165) is 11.4 Å². The second kappa shape index (κ2) is 5.41. The van der Waals surface area contributed by atoms with Crippen LogP contribution in [0.2, 0.25) is 0 Å². The Labute approximate surface area is 99.0 Å². The van der Waals surface area contributed by atoms with Gasteiger partial charge in [0.25, 0.3) is 0 Å². The van der Waals surface area contributed by atoms with E-state index in [4.69, 9.17) is 0 Å². The average molecular weight is 240 g/mol. The van der Waals surface area contributed by atoms with Crippen molar-refractivity contribution in [1.29, 1.82) is 0 Å². The number of rotatable bonds is 4. The van der Waals surface area contributed by atoms with E-state index >= 15 is 0 Å². The molecule has 0 atom stereocenters. The Morgan fingerprint density at radius 3 is 3.06 bits per heavy atom. The molecule has 1 aliphatic carbocycles. The SMILES string of the molecule is COC(=O)CNCc1nc2c(s1)CCCC2. The number of nitrogens with one attached hydrogen (secondary N) is 1. The van der Waals surface area contributed by atoms with Crippen molar-refractivity contribution in [2.24, 2.45) is 0 Å². The number of ether oxygens (including phenoxy) is 1. The maximum atomic E-state index is 10.9. The Bertz CT molecular complexity index is 353. The summed E-state index contributed by atoms with van der Waals surface area (Å²) in [5, 5.41) is 4.11. The first-order valence-corrected chi connectivity index (χ1v) is 6.36. The van der Waals surface area contributed by atoms with Crippen molar-refractivity contribution >= 4 is 17.3 Å². The van der Waals surface area contributed by atoms with E-state index in [2.05, 4.69) is 15.0 Å². The number of esters is 1. The molecule has 1 N–H and O–H groups in total. The summed E-state index contributed by atoms with van der Waals surface area (Å²) < 4.78 is 4.55. The van der Waals surface area contributed by atoms with Crippen LogP contribution in [-0.4, -0.2) is 24.6 Å². The lowest BCUT2D eigenvalue weighted by atomic mass is 10.0. The molecule has 0 unspecified atom stereocenters. The van der Waals surface area contributed by atoms with Crippen molar-refractivity contribution in [2.45, 2.75) is 32.2 Å². The van der Waals surface area contributed by atoms with Crippen LogP contribution in [0.1, 0.15) is 28.4 Å². The van der Waals surface area contributed by atoms with E-state index in [1.165, 1.54) is 36.9 Å². The Kier molecular flexibility index (Phi) is 3.90. The molecule has 0 aromatic carbocycles. The fraction of sp³-hybridized carbons (Fsp3) is 0.636. The van der Waals surface area contributed by atoms with E-state index in [1.54, 1.807) is 11.3 Å². The van der Waals surface area contributed by atoms with E-state index in [9.17, 15) is 4.79 Å². The molecule has 0 fully saturated rings. The van der Waals surface area contributed by atoms with Crippen molar-refractivity contribution < 1.29 is 9.53 Å². The molecular weight excluding hydrogens is 224 g/mol. The molecule has 1 aliphatic rings. The highest BCUT2D eigenvalue weighted by Crippen LogP contribution is 2.26. The van der Waals surface area contributed by atoms with Crippen LogP contribution in [0.5, 0.6) is 0 Å². The largest absolute Gasteiger partial charge is 0.468 e. The number of aromatic nitrogens is 1. The molecule has 0 aliphatic heterocycles. The molecule has 2 rings (SSSR count). The Morgan fingerprint density at radius 2 is 2.31 bits per heavy atom. The van der Waals surface area contributed by atoms with Gasteiger partial charge in [0.05, 0.1) is 19.3 Å². The van der Waals surface area contributed by atoms with Crippen molar-refractivity contribution in [2.75, 3.05) is 13.7 Å². The van der Waals surface area contributed by atoms with Crippen LogP contribution >= 0.6 is 11.3 Å². The molecule has 0 bridgehead atoms. The summed E-state index contributed by atoms with van der Waals surface area (Å²) in [7, 11) is 1.39. The number of nitrogens with zero attached hydrogens (tertiary/aromatic N) is 1. The maximum Gasteiger partial charge on any atom is 0.319 e. The van der Waals surface area contributed by atoms with Crippen LogP contribution in [0, 0.1) is 0 Å². The van der Waals surface area contributed by atoms with Crippen LogP contribution < -0.4 is 5.32 Å². The summed E-state index contributed by atoms with van der Waals surface area (Å²) in [5.74, 6) is -0.235. The van der Waals surface area contributed by atoms with Crippen molar-refractivity contribution in [3.63, 3.8) is 0 Å². The minimum Gasteiger partial charge on any atom is -0.468 e. The highest BCUT2D eigenvalue weighted by atomic mass is 32.1. The summed E-state index contributed by atoms with van der Waals surface area (Å²) in [6.07, 6.45) is 4.82. The number of hydrogen-bond donors (Lipinski definition) is 1. The molecule has 0 amide bonds. The molecule has 0 spiro atoms. The molecule has 0 radical (unpaired) electrons.